The molecule has 8 rings (SSSR count). The van der Waals surface area contributed by atoms with Gasteiger partial charge < -0.3 is 66.3 Å². The van der Waals surface area contributed by atoms with Gasteiger partial charge in [0.15, 0.2) is 25.6 Å². The summed E-state index contributed by atoms with van der Waals surface area (Å²) < 4.78 is 71.1. The maximum atomic E-state index is 15.1. The Labute approximate surface area is 599 Å². The molecule has 3 heterocycles. The van der Waals surface area contributed by atoms with Gasteiger partial charge in [-0.05, 0) is 134 Å². The molecule has 7 atom stereocenters. The first-order valence-electron chi connectivity index (χ1n) is 34.4. The van der Waals surface area contributed by atoms with Crippen molar-refractivity contribution in [1.82, 2.24) is 9.80 Å². The number of hydrogen-bond acceptors (Lipinski definition) is 19. The van der Waals surface area contributed by atoms with Gasteiger partial charge in [0.05, 0.1) is 74.3 Å². The van der Waals surface area contributed by atoms with Gasteiger partial charge in [-0.2, -0.15) is 0 Å². The molecule has 24 heteroatoms. The van der Waals surface area contributed by atoms with Crippen LogP contribution < -0.4 is 34.3 Å². The minimum atomic E-state index is -2.26. The minimum absolute atomic E-state index is 0.0411. The van der Waals surface area contributed by atoms with Crippen molar-refractivity contribution in [2.45, 2.75) is 169 Å². The fourth-order valence-electron chi connectivity index (χ4n) is 11.8. The quantitative estimate of drug-likeness (QED) is 0.0104. The van der Waals surface area contributed by atoms with Crippen molar-refractivity contribution in [2.24, 2.45) is 5.92 Å². The van der Waals surface area contributed by atoms with Gasteiger partial charge >= 0.3 is 24.1 Å². The van der Waals surface area contributed by atoms with Crippen molar-refractivity contribution < 1.29 is 90.1 Å². The maximum Gasteiger partial charge on any atom is 0.411 e. The Bertz CT molecular complexity index is 3900. The molecule has 1 saturated heterocycles. The number of anilines is 2. The van der Waals surface area contributed by atoms with Gasteiger partial charge in [0.1, 0.15) is 36.6 Å². The van der Waals surface area contributed by atoms with Crippen LogP contribution in [0.4, 0.5) is 21.0 Å². The van der Waals surface area contributed by atoms with E-state index in [1.165, 1.54) is 58.4 Å². The van der Waals surface area contributed by atoms with Crippen molar-refractivity contribution in [3.8, 4) is 28.7 Å². The van der Waals surface area contributed by atoms with Gasteiger partial charge in [0.2, 0.25) is 12.4 Å². The zero-order chi connectivity index (χ0) is 74.2. The number of nitrogens with one attached hydrogen (secondary N) is 2. The standard InChI is InChI=1S/C78H98N4O19Si/c1-17-32-95-76(88)79-64-41-68(48(4)36-61(64)73(86)82-44-57(55-27-29-60(91-13)30-28-55)39-59(82)46-97-102(15,16)78(9,10)11)93-34-20-35-94-70-42-65(62(40-69(70)92-14)74(87)81-43-56(38-58(81)18-2)54-25-22-47(3)23-26-54)80-77(89)96-45-53-24-31-67(63(37-53)66(85)21-19-33-90-12)101-75-72(100-52(8)84)71(99-51(7)83)49(5)50(6)98-75/h17,22-31,36-37,40-44,49-50,58-59,71-72,75H,1,18-21,32-35,38-39,45-46H2,2-16H3,(H,79,88)(H,80,89)/t49-,50-,58-,59+,71+,72-,75+/m1/s1. The molecule has 23 nitrogen and oxygen atoms in total. The van der Waals surface area contributed by atoms with Crippen LogP contribution in [0.5, 0.6) is 28.7 Å². The lowest BCUT2D eigenvalue weighted by Gasteiger charge is -2.43. The lowest BCUT2D eigenvalue weighted by Crippen LogP contribution is -2.57. The van der Waals surface area contributed by atoms with E-state index in [4.69, 9.17) is 56.5 Å². The lowest BCUT2D eigenvalue weighted by atomic mass is 9.91. The Morgan fingerprint density at radius 2 is 1.24 bits per heavy atom. The van der Waals surface area contributed by atoms with Crippen LogP contribution in [0.1, 0.15) is 153 Å². The number of nitrogens with zero attached hydrogens (tertiary/aromatic N) is 2. The Hall–Kier alpha value is -9.49. The number of carbonyl (C=O) groups excluding carboxylic acids is 7. The van der Waals surface area contributed by atoms with E-state index in [1.54, 1.807) is 55.9 Å². The molecule has 548 valence electrons. The summed E-state index contributed by atoms with van der Waals surface area (Å²) in [6, 6.07) is 26.0. The molecule has 0 unspecified atom stereocenters. The fourth-order valence-corrected chi connectivity index (χ4v) is 12.9. The summed E-state index contributed by atoms with van der Waals surface area (Å²) in [7, 11) is 2.31. The van der Waals surface area contributed by atoms with Crippen molar-refractivity contribution in [2.75, 3.05) is 65.0 Å². The number of carbonyl (C=O) groups is 7. The highest BCUT2D eigenvalue weighted by atomic mass is 28.4. The molecule has 5 aromatic carbocycles. The van der Waals surface area contributed by atoms with Crippen LogP contribution >= 0.6 is 0 Å². The Kier molecular flexibility index (Phi) is 27.2. The normalized spacial score (nSPS) is 18.8. The molecule has 4 amide bonds. The maximum absolute atomic E-state index is 15.1. The number of ketones is 1. The highest BCUT2D eigenvalue weighted by Gasteiger charge is 2.48. The van der Waals surface area contributed by atoms with Crippen LogP contribution in [-0.4, -0.2) is 151 Å². The summed E-state index contributed by atoms with van der Waals surface area (Å²) in [4.78, 5) is 99.8. The van der Waals surface area contributed by atoms with Gasteiger partial charge in [0, 0.05) is 76.9 Å². The molecule has 2 N–H and O–H groups in total. The SMILES string of the molecule is C=CCOC(=O)Nc1cc(OCCCOc2cc(NC(=O)OCc3ccc(O[C@@H]4O[C@H](C)[C@@H](C)[C@H](OC(C)=O)[C@H]4OC(C)=O)c(C(=O)CCCOC)c3)c(C(=O)N3C=C(c4ccc(C)cc4)C[C@H]3CC)cc2OC)c(C)cc1C(=O)N1C=C(c2ccc(OC)cc2)C[C@H]1CO[Si](C)(C)C(C)(C)C. The third-order valence-corrected chi connectivity index (χ3v) is 23.3. The molecule has 3 aliphatic rings. The van der Waals surface area contributed by atoms with E-state index in [0.717, 1.165) is 27.8 Å². The smallest absolute Gasteiger partial charge is 0.411 e. The molecule has 0 bridgehead atoms. The van der Waals surface area contributed by atoms with Crippen LogP contribution in [0.2, 0.25) is 18.1 Å². The van der Waals surface area contributed by atoms with E-state index < -0.39 is 68.9 Å². The van der Waals surface area contributed by atoms with Gasteiger partial charge in [-0.25, -0.2) is 9.59 Å². The Balaban J connectivity index is 1.04. The van der Waals surface area contributed by atoms with Gasteiger partial charge in [-0.3, -0.25) is 34.6 Å². The third kappa shape index (κ3) is 20.0. The van der Waals surface area contributed by atoms with Crippen molar-refractivity contribution >= 4 is 72.6 Å². The Morgan fingerprint density at radius 3 is 1.82 bits per heavy atom. The Morgan fingerprint density at radius 1 is 0.657 bits per heavy atom. The second-order valence-corrected chi connectivity index (χ2v) is 32.0. The molecular formula is C78H98N4O19Si. The molecule has 0 aromatic heterocycles. The zero-order valence-electron chi connectivity index (χ0n) is 61.3. The molecule has 0 spiro atoms. The summed E-state index contributed by atoms with van der Waals surface area (Å²) in [5, 5.41) is 5.48. The van der Waals surface area contributed by atoms with E-state index in [0.29, 0.717) is 54.9 Å². The molecule has 102 heavy (non-hydrogen) atoms. The monoisotopic (exact) mass is 1420 g/mol. The topological polar surface area (TPSA) is 261 Å². The van der Waals surface area contributed by atoms with E-state index in [2.05, 4.69) is 51.1 Å². The number of hydrogen-bond donors (Lipinski definition) is 2. The first kappa shape index (κ1) is 78.2. The van der Waals surface area contributed by atoms with Crippen LogP contribution in [0.25, 0.3) is 11.1 Å². The first-order chi connectivity index (χ1) is 48.6. The van der Waals surface area contributed by atoms with Crippen LogP contribution in [0.15, 0.2) is 116 Å². The summed E-state index contributed by atoms with van der Waals surface area (Å²) in [6.07, 6.45) is 1.82. The number of ether oxygens (including phenoxy) is 11. The predicted molar refractivity (Wildman–Crippen MR) is 389 cm³/mol. The molecular weight excluding hydrogens is 1320 g/mol. The largest absolute Gasteiger partial charge is 0.497 e. The van der Waals surface area contributed by atoms with E-state index in [-0.39, 0.29) is 120 Å². The van der Waals surface area contributed by atoms with Crippen LogP contribution in [0, 0.1) is 19.8 Å². The van der Waals surface area contributed by atoms with Crippen LogP contribution in [-0.2, 0) is 49.0 Å². The highest BCUT2D eigenvalue weighted by Crippen LogP contribution is 2.42. The highest BCUT2D eigenvalue weighted by molar-refractivity contribution is 6.74. The lowest BCUT2D eigenvalue weighted by molar-refractivity contribution is -0.263. The predicted octanol–water partition coefficient (Wildman–Crippen LogP) is 14.8. The van der Waals surface area contributed by atoms with Crippen molar-refractivity contribution in [3.05, 3.63) is 161 Å². The summed E-state index contributed by atoms with van der Waals surface area (Å²) in [5.74, 6) is -1.31. The molecule has 0 saturated carbocycles. The number of benzene rings is 5. The van der Waals surface area contributed by atoms with Gasteiger partial charge in [0.25, 0.3) is 11.8 Å². The molecule has 5 aromatic rings. The average molecular weight is 1420 g/mol. The van der Waals surface area contributed by atoms with E-state index in [9.17, 15) is 24.0 Å². The molecule has 1 fully saturated rings. The zero-order valence-corrected chi connectivity index (χ0v) is 62.3. The first-order valence-corrected chi connectivity index (χ1v) is 37.3. The number of Topliss-reactive ketones (excluding diaryl/α,β-unsaturated/α-hetero) is 1. The van der Waals surface area contributed by atoms with Crippen LogP contribution in [0.3, 0.4) is 0 Å². The summed E-state index contributed by atoms with van der Waals surface area (Å²) in [6.45, 7) is 26.6. The second kappa shape index (κ2) is 35.4. The number of esters is 2. The average Bonchev–Trinajstić information content (AvgIpc) is 1.29. The summed E-state index contributed by atoms with van der Waals surface area (Å²) >= 11 is 0. The molecule has 0 radical (unpaired) electrons. The van der Waals surface area contributed by atoms with Gasteiger partial charge in [-0.1, -0.05) is 95.3 Å². The third-order valence-electron chi connectivity index (χ3n) is 18.8. The fraction of sp³-hybridized carbons (Fsp3) is 0.449. The number of aryl methyl sites for hydroxylation is 2. The van der Waals surface area contributed by atoms with Gasteiger partial charge in [-0.15, -0.1) is 0 Å². The minimum Gasteiger partial charge on any atom is -0.497 e. The molecule has 3 aliphatic heterocycles. The van der Waals surface area contributed by atoms with Crippen molar-refractivity contribution in [1.29, 1.82) is 0 Å². The number of rotatable bonds is 31. The molecule has 0 aliphatic carbocycles. The van der Waals surface area contributed by atoms with E-state index in [1.807, 2.05) is 74.8 Å². The van der Waals surface area contributed by atoms with E-state index >= 15 is 9.59 Å². The number of amides is 4. The second-order valence-electron chi connectivity index (χ2n) is 27.2. The number of methoxy groups -OCH3 is 3. The summed E-state index contributed by atoms with van der Waals surface area (Å²) in [5.41, 5.74) is 6.45. The van der Waals surface area contributed by atoms with Crippen molar-refractivity contribution in [3.63, 3.8) is 0 Å².